The molecule has 0 radical (unpaired) electrons. The van der Waals surface area contributed by atoms with Crippen LogP contribution in [0.4, 0.5) is 0 Å². The number of aliphatic hydroxyl groups is 1. The van der Waals surface area contributed by atoms with Gasteiger partial charge in [0.25, 0.3) is 0 Å². The van der Waals surface area contributed by atoms with E-state index in [9.17, 15) is 5.11 Å². The summed E-state index contributed by atoms with van der Waals surface area (Å²) in [5.74, 6) is 1.09. The maximum absolute atomic E-state index is 9.30. The average molecular weight is 400 g/mol. The van der Waals surface area contributed by atoms with E-state index in [1.807, 2.05) is 0 Å². The molecule has 0 saturated heterocycles. The summed E-state index contributed by atoms with van der Waals surface area (Å²) in [6.07, 6.45) is 3.62. The molecule has 0 aliphatic heterocycles. The Bertz CT molecular complexity index is 948. The first-order valence-corrected chi connectivity index (χ1v) is 9.68. The average Bonchev–Trinajstić information content (AvgIpc) is 3.15. The Hall–Kier alpha value is -1.72. The van der Waals surface area contributed by atoms with Crippen LogP contribution >= 0.6 is 15.9 Å². The van der Waals surface area contributed by atoms with Crippen molar-refractivity contribution in [2.75, 3.05) is 6.61 Å². The summed E-state index contributed by atoms with van der Waals surface area (Å²) in [5.41, 5.74) is 6.81. The summed E-state index contributed by atoms with van der Waals surface area (Å²) in [6.45, 7) is 4.35. The number of pyridine rings is 1. The lowest BCUT2D eigenvalue weighted by atomic mass is 10.1. The molecular weight excluding hydrogens is 378 g/mol. The van der Waals surface area contributed by atoms with Crippen LogP contribution in [0.3, 0.4) is 0 Å². The Labute approximate surface area is 156 Å². The molecule has 1 aliphatic carbocycles. The fourth-order valence-corrected chi connectivity index (χ4v) is 4.39. The summed E-state index contributed by atoms with van der Waals surface area (Å²) < 4.78 is 3.47. The molecule has 0 saturated carbocycles. The Morgan fingerprint density at radius 2 is 2.12 bits per heavy atom. The van der Waals surface area contributed by atoms with E-state index in [4.69, 9.17) is 9.97 Å². The molecule has 25 heavy (non-hydrogen) atoms. The molecule has 0 unspecified atom stereocenters. The number of nitrogens with zero attached hydrogens (tertiary/aromatic N) is 3. The second-order valence-electron chi connectivity index (χ2n) is 6.73. The fourth-order valence-electron chi connectivity index (χ4n) is 3.98. The minimum Gasteiger partial charge on any atom is -0.396 e. The van der Waals surface area contributed by atoms with Crippen molar-refractivity contribution in [3.05, 3.63) is 56.9 Å². The van der Waals surface area contributed by atoms with Crippen LogP contribution < -0.4 is 0 Å². The van der Waals surface area contributed by atoms with Crippen molar-refractivity contribution in [3.63, 3.8) is 0 Å². The van der Waals surface area contributed by atoms with Crippen LogP contribution in [0.1, 0.15) is 47.6 Å². The highest BCUT2D eigenvalue weighted by atomic mass is 79.9. The predicted octanol–water partition coefficient (Wildman–Crippen LogP) is 4.14. The number of hydrogen-bond acceptors (Lipinski definition) is 3. The molecule has 130 valence electrons. The molecule has 4 nitrogen and oxygen atoms in total. The van der Waals surface area contributed by atoms with Crippen LogP contribution in [0.15, 0.2) is 28.7 Å². The summed E-state index contributed by atoms with van der Waals surface area (Å²) in [4.78, 5) is 9.76. The second-order valence-corrected chi connectivity index (χ2v) is 7.64. The molecule has 1 aromatic carbocycles. The van der Waals surface area contributed by atoms with E-state index in [0.29, 0.717) is 12.5 Å². The lowest BCUT2D eigenvalue weighted by Gasteiger charge is -2.17. The monoisotopic (exact) mass is 399 g/mol. The number of aliphatic hydroxyl groups excluding tert-OH is 1. The van der Waals surface area contributed by atoms with Gasteiger partial charge in [0.15, 0.2) is 5.65 Å². The summed E-state index contributed by atoms with van der Waals surface area (Å²) >= 11 is 3.58. The third kappa shape index (κ3) is 2.79. The Kier molecular flexibility index (Phi) is 4.38. The molecule has 1 atom stereocenters. The topological polar surface area (TPSA) is 50.9 Å². The van der Waals surface area contributed by atoms with Crippen molar-refractivity contribution >= 4 is 27.1 Å². The van der Waals surface area contributed by atoms with Crippen LogP contribution in [0.2, 0.25) is 0 Å². The van der Waals surface area contributed by atoms with Gasteiger partial charge in [0.1, 0.15) is 11.3 Å². The van der Waals surface area contributed by atoms with E-state index in [2.05, 4.69) is 58.6 Å². The van der Waals surface area contributed by atoms with Crippen molar-refractivity contribution in [2.45, 2.75) is 45.6 Å². The Balaban J connectivity index is 1.92. The molecule has 0 amide bonds. The lowest BCUT2D eigenvalue weighted by molar-refractivity contribution is 0.298. The molecule has 0 bridgehead atoms. The zero-order chi connectivity index (χ0) is 17.6. The van der Waals surface area contributed by atoms with Gasteiger partial charge in [-0.05, 0) is 54.7 Å². The summed E-state index contributed by atoms with van der Waals surface area (Å²) in [6, 6.07) is 8.93. The summed E-state index contributed by atoms with van der Waals surface area (Å²) in [7, 11) is 0. The fraction of sp³-hybridized carbons (Fsp3) is 0.400. The Morgan fingerprint density at radius 3 is 2.88 bits per heavy atom. The summed E-state index contributed by atoms with van der Waals surface area (Å²) in [5, 5.41) is 9.30. The third-order valence-corrected chi connectivity index (χ3v) is 5.61. The normalized spacial score (nSPS) is 16.6. The van der Waals surface area contributed by atoms with Crippen molar-refractivity contribution in [2.24, 2.45) is 0 Å². The number of rotatable bonds is 4. The van der Waals surface area contributed by atoms with Gasteiger partial charge in [-0.3, -0.25) is 0 Å². The van der Waals surface area contributed by atoms with E-state index in [-0.39, 0.29) is 6.61 Å². The van der Waals surface area contributed by atoms with Crippen LogP contribution in [0.5, 0.6) is 0 Å². The molecule has 1 aliphatic rings. The van der Waals surface area contributed by atoms with Gasteiger partial charge in [-0.1, -0.05) is 28.9 Å². The minimum atomic E-state index is 0.118. The van der Waals surface area contributed by atoms with Crippen molar-refractivity contribution < 1.29 is 5.11 Å². The van der Waals surface area contributed by atoms with Gasteiger partial charge in [0, 0.05) is 29.6 Å². The van der Waals surface area contributed by atoms with E-state index in [1.54, 1.807) is 0 Å². The molecule has 5 heteroatoms. The number of aryl methyl sites for hydroxylation is 3. The molecule has 0 fully saturated rings. The second kappa shape index (κ2) is 6.54. The van der Waals surface area contributed by atoms with Crippen molar-refractivity contribution in [1.29, 1.82) is 0 Å². The van der Waals surface area contributed by atoms with Gasteiger partial charge in [-0.25, -0.2) is 9.97 Å². The van der Waals surface area contributed by atoms with Gasteiger partial charge >= 0.3 is 0 Å². The number of hydrogen-bond donors (Lipinski definition) is 1. The first-order valence-electron chi connectivity index (χ1n) is 8.89. The predicted molar refractivity (Wildman–Crippen MR) is 103 cm³/mol. The molecule has 3 aromatic rings. The first-order chi connectivity index (χ1) is 12.1. The first kappa shape index (κ1) is 16.7. The highest BCUT2D eigenvalue weighted by molar-refractivity contribution is 9.10. The standard InChI is InChI=1S/C20H22BrN3O/c1-3-18-23-19-12(2)10-15(8-9-25)22-20(19)24(18)17-7-4-13-11-14(21)5-6-16(13)17/h5-6,10-11,17,25H,3-4,7-9H2,1-2H3/t17-/m0/s1. The van der Waals surface area contributed by atoms with Gasteiger partial charge in [0.05, 0.1) is 6.04 Å². The SMILES string of the molecule is CCc1nc2c(C)cc(CCO)nc2n1[C@H]1CCc2cc(Br)ccc21. The molecule has 1 N–H and O–H groups in total. The molecule has 0 spiro atoms. The zero-order valence-corrected chi connectivity index (χ0v) is 16.2. The van der Waals surface area contributed by atoms with Crippen molar-refractivity contribution in [1.82, 2.24) is 14.5 Å². The lowest BCUT2D eigenvalue weighted by Crippen LogP contribution is -2.12. The molecule has 4 rings (SSSR count). The van der Waals surface area contributed by atoms with Crippen LogP contribution in [-0.4, -0.2) is 26.2 Å². The van der Waals surface area contributed by atoms with Gasteiger partial charge in [0.2, 0.25) is 0 Å². The van der Waals surface area contributed by atoms with E-state index >= 15 is 0 Å². The number of aromatic nitrogens is 3. The smallest absolute Gasteiger partial charge is 0.161 e. The quantitative estimate of drug-likeness (QED) is 0.717. The van der Waals surface area contributed by atoms with E-state index in [1.165, 1.54) is 11.1 Å². The van der Waals surface area contributed by atoms with Crippen LogP contribution in [0.25, 0.3) is 11.2 Å². The maximum atomic E-state index is 9.30. The van der Waals surface area contributed by atoms with E-state index in [0.717, 1.165) is 52.0 Å². The minimum absolute atomic E-state index is 0.118. The van der Waals surface area contributed by atoms with Crippen LogP contribution in [0, 0.1) is 6.92 Å². The Morgan fingerprint density at radius 1 is 1.28 bits per heavy atom. The number of fused-ring (bicyclic) bond motifs is 2. The molecular formula is C20H22BrN3O. The largest absolute Gasteiger partial charge is 0.396 e. The highest BCUT2D eigenvalue weighted by Gasteiger charge is 2.28. The maximum Gasteiger partial charge on any atom is 0.161 e. The molecule has 2 aromatic heterocycles. The third-order valence-electron chi connectivity index (χ3n) is 5.11. The van der Waals surface area contributed by atoms with Crippen molar-refractivity contribution in [3.8, 4) is 0 Å². The molecule has 2 heterocycles. The van der Waals surface area contributed by atoms with Gasteiger partial charge < -0.3 is 9.67 Å². The number of benzene rings is 1. The number of halogens is 1. The van der Waals surface area contributed by atoms with Crippen LogP contribution in [-0.2, 0) is 19.3 Å². The van der Waals surface area contributed by atoms with E-state index < -0.39 is 0 Å². The zero-order valence-electron chi connectivity index (χ0n) is 14.6. The van der Waals surface area contributed by atoms with Gasteiger partial charge in [-0.2, -0.15) is 0 Å². The highest BCUT2D eigenvalue weighted by Crippen LogP contribution is 2.38. The number of imidazole rings is 1. The van der Waals surface area contributed by atoms with Gasteiger partial charge in [-0.15, -0.1) is 0 Å².